The quantitative estimate of drug-likeness (QED) is 0.833. The van der Waals surface area contributed by atoms with E-state index in [1.807, 2.05) is 4.90 Å². The van der Waals surface area contributed by atoms with Gasteiger partial charge in [-0.15, -0.1) is 0 Å². The average Bonchev–Trinajstić information content (AvgIpc) is 3.19. The van der Waals surface area contributed by atoms with Crippen LogP contribution in [0.5, 0.6) is 5.88 Å². The lowest BCUT2D eigenvalue weighted by Gasteiger charge is -2.22. The summed E-state index contributed by atoms with van der Waals surface area (Å²) in [6.07, 6.45) is -0.839. The number of methoxy groups -OCH3 is 1. The van der Waals surface area contributed by atoms with Crippen molar-refractivity contribution in [3.8, 4) is 5.88 Å². The van der Waals surface area contributed by atoms with Crippen LogP contribution in [-0.4, -0.2) is 41.2 Å². The van der Waals surface area contributed by atoms with Gasteiger partial charge in [0.1, 0.15) is 0 Å². The van der Waals surface area contributed by atoms with E-state index in [0.717, 1.165) is 25.7 Å². The molecular formula is C18H24F3N3O2. The van der Waals surface area contributed by atoms with Crippen molar-refractivity contribution in [2.75, 3.05) is 7.11 Å². The Kier molecular flexibility index (Phi) is 5.41. The first kappa shape index (κ1) is 18.9. The van der Waals surface area contributed by atoms with E-state index in [2.05, 4.69) is 10.3 Å². The van der Waals surface area contributed by atoms with Gasteiger partial charge in [-0.2, -0.15) is 13.2 Å². The van der Waals surface area contributed by atoms with E-state index in [1.54, 1.807) is 6.07 Å². The summed E-state index contributed by atoms with van der Waals surface area (Å²) < 4.78 is 42.7. The van der Waals surface area contributed by atoms with Crippen LogP contribution in [0.1, 0.15) is 60.6 Å². The highest BCUT2D eigenvalue weighted by Gasteiger charge is 2.36. The maximum atomic E-state index is 12.7. The Morgan fingerprint density at radius 3 is 2.69 bits per heavy atom. The zero-order valence-corrected chi connectivity index (χ0v) is 15.0. The number of ether oxygens (including phenoxy) is 1. The van der Waals surface area contributed by atoms with Crippen LogP contribution >= 0.6 is 0 Å². The molecule has 1 fully saturated rings. The molecule has 3 rings (SSSR count). The van der Waals surface area contributed by atoms with Crippen molar-refractivity contribution in [3.63, 3.8) is 0 Å². The Morgan fingerprint density at radius 1 is 1.38 bits per heavy atom. The normalized spacial score (nSPS) is 19.1. The highest BCUT2D eigenvalue weighted by molar-refractivity contribution is 5.98. The Bertz CT molecular complexity index is 672. The second-order valence-electron chi connectivity index (χ2n) is 7.12. The molecule has 26 heavy (non-hydrogen) atoms. The van der Waals surface area contributed by atoms with Crippen molar-refractivity contribution in [1.82, 2.24) is 15.2 Å². The summed E-state index contributed by atoms with van der Waals surface area (Å²) in [6, 6.07) is 1.24. The van der Waals surface area contributed by atoms with Crippen LogP contribution in [0.15, 0.2) is 6.07 Å². The third-order valence-corrected chi connectivity index (χ3v) is 5.09. The summed E-state index contributed by atoms with van der Waals surface area (Å²) in [6.45, 7) is 2.12. The maximum absolute atomic E-state index is 12.7. The van der Waals surface area contributed by atoms with Crippen LogP contribution < -0.4 is 10.1 Å². The van der Waals surface area contributed by atoms with Gasteiger partial charge in [0.05, 0.1) is 31.3 Å². The van der Waals surface area contributed by atoms with E-state index in [0.29, 0.717) is 29.2 Å². The van der Waals surface area contributed by atoms with Gasteiger partial charge in [-0.1, -0.05) is 12.8 Å². The number of hydrogen-bond donors (Lipinski definition) is 1. The van der Waals surface area contributed by atoms with Gasteiger partial charge in [-0.25, -0.2) is 4.98 Å². The molecule has 1 aliphatic carbocycles. The molecule has 0 unspecified atom stereocenters. The molecule has 1 aliphatic heterocycles. The predicted octanol–water partition coefficient (Wildman–Crippen LogP) is 3.42. The number of hydrogen-bond acceptors (Lipinski definition) is 4. The lowest BCUT2D eigenvalue weighted by molar-refractivity contribution is -0.139. The van der Waals surface area contributed by atoms with Gasteiger partial charge in [0.15, 0.2) is 0 Å². The second kappa shape index (κ2) is 7.42. The van der Waals surface area contributed by atoms with Crippen molar-refractivity contribution in [1.29, 1.82) is 0 Å². The van der Waals surface area contributed by atoms with Gasteiger partial charge in [-0.05, 0) is 25.8 Å². The molecule has 5 nitrogen and oxygen atoms in total. The van der Waals surface area contributed by atoms with E-state index >= 15 is 0 Å². The fourth-order valence-corrected chi connectivity index (χ4v) is 3.79. The lowest BCUT2D eigenvalue weighted by Crippen LogP contribution is -2.33. The minimum atomic E-state index is -4.22. The highest BCUT2D eigenvalue weighted by atomic mass is 19.4. The minimum absolute atomic E-state index is 0.0355. The summed E-state index contributed by atoms with van der Waals surface area (Å²) in [4.78, 5) is 19.1. The summed E-state index contributed by atoms with van der Waals surface area (Å²) in [5.74, 6) is 0.322. The first-order chi connectivity index (χ1) is 12.3. The fourth-order valence-electron chi connectivity index (χ4n) is 3.79. The molecule has 0 aromatic carbocycles. The molecule has 0 radical (unpaired) electrons. The van der Waals surface area contributed by atoms with Gasteiger partial charge < -0.3 is 15.0 Å². The molecule has 2 aliphatic rings. The molecular weight excluding hydrogens is 347 g/mol. The number of amides is 1. The maximum Gasteiger partial charge on any atom is 0.390 e. The van der Waals surface area contributed by atoms with E-state index in [1.165, 1.54) is 14.0 Å². The number of aromatic nitrogens is 1. The molecule has 1 N–H and O–H groups in total. The third kappa shape index (κ3) is 4.11. The molecule has 144 valence electrons. The van der Waals surface area contributed by atoms with Crippen LogP contribution in [0.2, 0.25) is 0 Å². The number of halogens is 3. The van der Waals surface area contributed by atoms with Crippen molar-refractivity contribution in [2.45, 2.75) is 70.4 Å². The number of nitrogens with zero attached hydrogens (tertiary/aromatic N) is 2. The topological polar surface area (TPSA) is 54.5 Å². The molecule has 0 saturated heterocycles. The SMILES string of the molecule is COc1nc2c(cc1CN[C@@H](C)CC(F)(F)F)C(=O)N(C1CCCC1)C2. The molecule has 1 amide bonds. The monoisotopic (exact) mass is 371 g/mol. The molecule has 2 heterocycles. The van der Waals surface area contributed by atoms with Crippen LogP contribution in [-0.2, 0) is 13.1 Å². The molecule has 8 heteroatoms. The lowest BCUT2D eigenvalue weighted by atomic mass is 10.1. The zero-order chi connectivity index (χ0) is 18.9. The van der Waals surface area contributed by atoms with Crippen LogP contribution in [0.4, 0.5) is 13.2 Å². The van der Waals surface area contributed by atoms with Gasteiger partial charge in [-0.3, -0.25) is 4.79 Å². The number of fused-ring (bicyclic) bond motifs is 1. The third-order valence-electron chi connectivity index (χ3n) is 5.09. The van der Waals surface area contributed by atoms with Crippen molar-refractivity contribution in [2.24, 2.45) is 0 Å². The Labute approximate surface area is 150 Å². The fraction of sp³-hybridized carbons (Fsp3) is 0.667. The molecule has 1 saturated carbocycles. The Morgan fingerprint density at radius 2 is 2.08 bits per heavy atom. The van der Waals surface area contributed by atoms with Gasteiger partial charge in [0.25, 0.3) is 5.91 Å². The Balaban J connectivity index is 1.74. The molecule has 1 atom stereocenters. The number of rotatable bonds is 6. The molecule has 0 bridgehead atoms. The van der Waals surface area contributed by atoms with E-state index in [9.17, 15) is 18.0 Å². The van der Waals surface area contributed by atoms with Gasteiger partial charge >= 0.3 is 6.18 Å². The molecule has 0 spiro atoms. The van der Waals surface area contributed by atoms with E-state index in [4.69, 9.17) is 4.74 Å². The van der Waals surface area contributed by atoms with E-state index < -0.39 is 18.6 Å². The van der Waals surface area contributed by atoms with Crippen LogP contribution in [0.25, 0.3) is 0 Å². The zero-order valence-electron chi connectivity index (χ0n) is 15.0. The van der Waals surface area contributed by atoms with Gasteiger partial charge in [0.2, 0.25) is 5.88 Å². The first-order valence-corrected chi connectivity index (χ1v) is 8.96. The van der Waals surface area contributed by atoms with Crippen molar-refractivity contribution >= 4 is 5.91 Å². The summed E-state index contributed by atoms with van der Waals surface area (Å²) >= 11 is 0. The molecule has 1 aromatic rings. The number of pyridine rings is 1. The number of nitrogens with one attached hydrogen (secondary N) is 1. The second-order valence-corrected chi connectivity index (χ2v) is 7.12. The summed E-state index contributed by atoms with van der Waals surface area (Å²) in [7, 11) is 1.48. The standard InChI is InChI=1S/C18H24F3N3O2/c1-11(8-18(19,20)21)22-9-12-7-14-15(23-16(12)26-2)10-24(17(14)25)13-5-3-4-6-13/h7,11,13,22H,3-6,8-10H2,1-2H3/t11-/m0/s1. The van der Waals surface area contributed by atoms with Crippen LogP contribution in [0, 0.1) is 0 Å². The van der Waals surface area contributed by atoms with E-state index in [-0.39, 0.29) is 18.5 Å². The van der Waals surface area contributed by atoms with Crippen LogP contribution in [0.3, 0.4) is 0 Å². The largest absolute Gasteiger partial charge is 0.481 e. The number of alkyl halides is 3. The van der Waals surface area contributed by atoms with Crippen molar-refractivity contribution in [3.05, 3.63) is 22.9 Å². The van der Waals surface area contributed by atoms with Crippen molar-refractivity contribution < 1.29 is 22.7 Å². The average molecular weight is 371 g/mol. The summed E-state index contributed by atoms with van der Waals surface area (Å²) in [5, 5.41) is 2.84. The van der Waals surface area contributed by atoms with Gasteiger partial charge in [0, 0.05) is 24.2 Å². The first-order valence-electron chi connectivity index (χ1n) is 8.96. The smallest absolute Gasteiger partial charge is 0.390 e. The number of carbonyl (C=O) groups is 1. The highest BCUT2D eigenvalue weighted by Crippen LogP contribution is 2.33. The minimum Gasteiger partial charge on any atom is -0.481 e. The molecule has 1 aromatic heterocycles. The predicted molar refractivity (Wildman–Crippen MR) is 89.9 cm³/mol. The number of carbonyl (C=O) groups excluding carboxylic acids is 1. The Hall–Kier alpha value is -1.83. The summed E-state index contributed by atoms with van der Waals surface area (Å²) in [5.41, 5.74) is 1.82.